The Morgan fingerprint density at radius 1 is 1.45 bits per heavy atom. The SMILES string of the molecule is CC(C)c1nnc2n1C[C@@H](NC(=O)COCC(F)(F)F)CC2. The van der Waals surface area contributed by atoms with Gasteiger partial charge in [-0.2, -0.15) is 13.2 Å². The zero-order valence-electron chi connectivity index (χ0n) is 12.5. The highest BCUT2D eigenvalue weighted by Gasteiger charge is 2.28. The van der Waals surface area contributed by atoms with Gasteiger partial charge in [0.25, 0.3) is 0 Å². The van der Waals surface area contributed by atoms with Crippen LogP contribution < -0.4 is 5.32 Å². The molecule has 0 saturated heterocycles. The first-order chi connectivity index (χ1) is 10.3. The summed E-state index contributed by atoms with van der Waals surface area (Å²) in [4.78, 5) is 11.6. The van der Waals surface area contributed by atoms with E-state index in [-0.39, 0.29) is 12.0 Å². The Labute approximate surface area is 126 Å². The third kappa shape index (κ3) is 4.43. The number of nitrogens with zero attached hydrogens (tertiary/aromatic N) is 3. The van der Waals surface area contributed by atoms with Crippen LogP contribution in [0.2, 0.25) is 0 Å². The Bertz CT molecular complexity index is 528. The van der Waals surface area contributed by atoms with Crippen LogP contribution in [0.5, 0.6) is 0 Å². The molecule has 0 radical (unpaired) electrons. The van der Waals surface area contributed by atoms with Crippen molar-refractivity contribution in [1.82, 2.24) is 20.1 Å². The molecule has 1 aliphatic heterocycles. The molecule has 1 N–H and O–H groups in total. The van der Waals surface area contributed by atoms with E-state index < -0.39 is 25.3 Å². The van der Waals surface area contributed by atoms with Gasteiger partial charge in [0.1, 0.15) is 24.9 Å². The number of hydrogen-bond acceptors (Lipinski definition) is 4. The third-order valence-electron chi connectivity index (χ3n) is 3.36. The number of amides is 1. The predicted molar refractivity (Wildman–Crippen MR) is 71.2 cm³/mol. The molecule has 2 heterocycles. The average molecular weight is 320 g/mol. The number of aromatic nitrogens is 3. The highest BCUT2D eigenvalue weighted by Crippen LogP contribution is 2.20. The molecule has 6 nitrogen and oxygen atoms in total. The molecule has 1 aromatic heterocycles. The zero-order chi connectivity index (χ0) is 16.3. The lowest BCUT2D eigenvalue weighted by Crippen LogP contribution is -2.43. The number of fused-ring (bicyclic) bond motifs is 1. The molecule has 22 heavy (non-hydrogen) atoms. The van der Waals surface area contributed by atoms with Crippen LogP contribution >= 0.6 is 0 Å². The van der Waals surface area contributed by atoms with Gasteiger partial charge >= 0.3 is 6.18 Å². The lowest BCUT2D eigenvalue weighted by molar-refractivity contribution is -0.175. The standard InChI is InChI=1S/C13H19F3N4O2/c1-8(2)12-19-18-10-4-3-9(5-20(10)12)17-11(21)6-22-7-13(14,15)16/h8-9H,3-7H2,1-2H3,(H,17,21)/t9-/m0/s1. The van der Waals surface area contributed by atoms with E-state index in [1.807, 2.05) is 18.4 Å². The van der Waals surface area contributed by atoms with Gasteiger partial charge in [-0.3, -0.25) is 4.79 Å². The van der Waals surface area contributed by atoms with E-state index in [0.29, 0.717) is 19.4 Å². The van der Waals surface area contributed by atoms with Crippen LogP contribution in [0.4, 0.5) is 13.2 Å². The predicted octanol–water partition coefficient (Wildman–Crippen LogP) is 1.41. The molecule has 124 valence electrons. The van der Waals surface area contributed by atoms with Crippen molar-refractivity contribution >= 4 is 5.91 Å². The number of ether oxygens (including phenoxy) is 1. The lowest BCUT2D eigenvalue weighted by Gasteiger charge is -2.26. The molecule has 0 unspecified atom stereocenters. The number of carbonyl (C=O) groups is 1. The molecular weight excluding hydrogens is 301 g/mol. The number of carbonyl (C=O) groups excluding carboxylic acids is 1. The fourth-order valence-corrected chi connectivity index (χ4v) is 2.42. The number of halogens is 3. The van der Waals surface area contributed by atoms with Crippen LogP contribution in [0.3, 0.4) is 0 Å². The number of hydrogen-bond donors (Lipinski definition) is 1. The summed E-state index contributed by atoms with van der Waals surface area (Å²) in [6.45, 7) is 2.52. The van der Waals surface area contributed by atoms with E-state index in [1.54, 1.807) is 0 Å². The van der Waals surface area contributed by atoms with Crippen LogP contribution in [0.1, 0.15) is 37.8 Å². The second-order valence-electron chi connectivity index (χ2n) is 5.65. The Hall–Kier alpha value is -1.64. The summed E-state index contributed by atoms with van der Waals surface area (Å²) in [7, 11) is 0. The molecule has 0 saturated carbocycles. The molecule has 2 rings (SSSR count). The molecular formula is C13H19F3N4O2. The van der Waals surface area contributed by atoms with Crippen LogP contribution in [0, 0.1) is 0 Å². The van der Waals surface area contributed by atoms with Crippen LogP contribution in [0.25, 0.3) is 0 Å². The summed E-state index contributed by atoms with van der Waals surface area (Å²) in [5.41, 5.74) is 0. The maximum atomic E-state index is 11.9. The van der Waals surface area contributed by atoms with E-state index in [9.17, 15) is 18.0 Å². The van der Waals surface area contributed by atoms with Gasteiger partial charge in [-0.25, -0.2) is 0 Å². The minimum atomic E-state index is -4.42. The number of nitrogens with one attached hydrogen (secondary N) is 1. The van der Waals surface area contributed by atoms with Gasteiger partial charge in [-0.1, -0.05) is 13.8 Å². The summed E-state index contributed by atoms with van der Waals surface area (Å²) < 4.78 is 42.1. The van der Waals surface area contributed by atoms with Gasteiger partial charge in [-0.15, -0.1) is 10.2 Å². The molecule has 0 bridgehead atoms. The molecule has 1 aliphatic rings. The lowest BCUT2D eigenvalue weighted by atomic mass is 10.1. The highest BCUT2D eigenvalue weighted by molar-refractivity contribution is 5.77. The largest absolute Gasteiger partial charge is 0.411 e. The van der Waals surface area contributed by atoms with E-state index >= 15 is 0 Å². The molecule has 1 amide bonds. The summed E-state index contributed by atoms with van der Waals surface area (Å²) in [6.07, 6.45) is -3.07. The van der Waals surface area contributed by atoms with Gasteiger partial charge in [-0.05, 0) is 6.42 Å². The Balaban J connectivity index is 1.85. The fourth-order valence-electron chi connectivity index (χ4n) is 2.42. The first-order valence-corrected chi connectivity index (χ1v) is 7.12. The molecule has 1 aromatic rings. The minimum Gasteiger partial charge on any atom is -0.362 e. The molecule has 0 fully saturated rings. The van der Waals surface area contributed by atoms with E-state index in [0.717, 1.165) is 11.6 Å². The van der Waals surface area contributed by atoms with Crippen molar-refractivity contribution in [2.45, 2.75) is 51.4 Å². The zero-order valence-corrected chi connectivity index (χ0v) is 12.5. The Kier molecular flexibility index (Phi) is 5.05. The monoisotopic (exact) mass is 320 g/mol. The number of alkyl halides is 3. The van der Waals surface area contributed by atoms with Gasteiger partial charge in [0.2, 0.25) is 5.91 Å². The normalized spacial score (nSPS) is 18.4. The van der Waals surface area contributed by atoms with Crippen molar-refractivity contribution in [3.63, 3.8) is 0 Å². The Morgan fingerprint density at radius 2 is 2.18 bits per heavy atom. The van der Waals surface area contributed by atoms with E-state index in [4.69, 9.17) is 0 Å². The second-order valence-corrected chi connectivity index (χ2v) is 5.65. The van der Waals surface area contributed by atoms with Crippen molar-refractivity contribution in [2.75, 3.05) is 13.2 Å². The Morgan fingerprint density at radius 3 is 2.82 bits per heavy atom. The number of rotatable bonds is 5. The first kappa shape index (κ1) is 16.7. The van der Waals surface area contributed by atoms with E-state index in [1.165, 1.54) is 0 Å². The van der Waals surface area contributed by atoms with Crippen molar-refractivity contribution in [2.24, 2.45) is 0 Å². The fraction of sp³-hybridized carbons (Fsp3) is 0.769. The van der Waals surface area contributed by atoms with E-state index in [2.05, 4.69) is 20.3 Å². The molecule has 0 aromatic carbocycles. The molecule has 0 spiro atoms. The maximum absolute atomic E-state index is 11.9. The highest BCUT2D eigenvalue weighted by atomic mass is 19.4. The average Bonchev–Trinajstić information content (AvgIpc) is 2.80. The van der Waals surface area contributed by atoms with Crippen molar-refractivity contribution in [3.8, 4) is 0 Å². The third-order valence-corrected chi connectivity index (χ3v) is 3.36. The van der Waals surface area contributed by atoms with Crippen LogP contribution in [0.15, 0.2) is 0 Å². The van der Waals surface area contributed by atoms with Gasteiger partial charge < -0.3 is 14.6 Å². The van der Waals surface area contributed by atoms with Gasteiger partial charge in [0.15, 0.2) is 0 Å². The smallest absolute Gasteiger partial charge is 0.362 e. The van der Waals surface area contributed by atoms with Crippen LogP contribution in [-0.2, 0) is 22.5 Å². The van der Waals surface area contributed by atoms with Crippen molar-refractivity contribution in [1.29, 1.82) is 0 Å². The van der Waals surface area contributed by atoms with Crippen LogP contribution in [-0.4, -0.2) is 46.1 Å². The maximum Gasteiger partial charge on any atom is 0.411 e. The second kappa shape index (κ2) is 6.64. The summed E-state index contributed by atoms with van der Waals surface area (Å²) in [5, 5.41) is 11.0. The number of aryl methyl sites for hydroxylation is 1. The van der Waals surface area contributed by atoms with Crippen molar-refractivity contribution in [3.05, 3.63) is 11.6 Å². The molecule has 0 aliphatic carbocycles. The van der Waals surface area contributed by atoms with Gasteiger partial charge in [0, 0.05) is 24.9 Å². The van der Waals surface area contributed by atoms with Gasteiger partial charge in [0.05, 0.1) is 0 Å². The summed E-state index contributed by atoms with van der Waals surface area (Å²) in [6, 6.07) is -0.150. The minimum absolute atomic E-state index is 0.150. The molecule has 1 atom stereocenters. The first-order valence-electron chi connectivity index (χ1n) is 7.12. The summed E-state index contributed by atoms with van der Waals surface area (Å²) in [5.74, 6) is 1.40. The molecule has 9 heteroatoms. The quantitative estimate of drug-likeness (QED) is 0.891. The topological polar surface area (TPSA) is 69.0 Å². The van der Waals surface area contributed by atoms with Crippen molar-refractivity contribution < 1.29 is 22.7 Å². The summed E-state index contributed by atoms with van der Waals surface area (Å²) >= 11 is 0.